The van der Waals surface area contributed by atoms with Crippen LogP contribution < -0.4 is 25.8 Å². The molecule has 0 bridgehead atoms. The van der Waals surface area contributed by atoms with Gasteiger partial charge in [-0.25, -0.2) is 8.78 Å². The summed E-state index contributed by atoms with van der Waals surface area (Å²) in [6, 6.07) is 4.13. The third-order valence-electron chi connectivity index (χ3n) is 3.04. The molecule has 0 heterocycles. The molecule has 0 spiro atoms. The highest BCUT2D eigenvalue weighted by atomic mass is 35.5. The standard InChI is InChI=1S/C16H23F2N3O4.ClH/c1-10(2)21-14(22)7-25-12-5-4-11(6-13(12)24-3)15(23)20-9-16(17,18)8-19;/h4-6,10H,7-9,19H2,1-3H3,(H,20,23)(H,21,22);1H. The van der Waals surface area contributed by atoms with Crippen molar-refractivity contribution in [1.82, 2.24) is 10.6 Å². The van der Waals surface area contributed by atoms with E-state index in [4.69, 9.17) is 15.2 Å². The number of hydrogen-bond donors (Lipinski definition) is 3. The zero-order valence-electron chi connectivity index (χ0n) is 14.8. The average Bonchev–Trinajstić information content (AvgIpc) is 2.57. The lowest BCUT2D eigenvalue weighted by Gasteiger charge is -2.15. The van der Waals surface area contributed by atoms with Crippen LogP contribution in [-0.2, 0) is 4.79 Å². The van der Waals surface area contributed by atoms with E-state index >= 15 is 0 Å². The Hall–Kier alpha value is -2.13. The normalized spacial score (nSPS) is 10.7. The number of nitrogens with two attached hydrogens (primary N) is 1. The first-order valence-electron chi connectivity index (χ1n) is 7.65. The number of halogens is 3. The van der Waals surface area contributed by atoms with Crippen molar-refractivity contribution >= 4 is 24.2 Å². The van der Waals surface area contributed by atoms with Crippen LogP contribution >= 0.6 is 12.4 Å². The summed E-state index contributed by atoms with van der Waals surface area (Å²) >= 11 is 0. The van der Waals surface area contributed by atoms with Gasteiger partial charge in [0.25, 0.3) is 17.7 Å². The average molecular weight is 396 g/mol. The van der Waals surface area contributed by atoms with Crippen LogP contribution in [0.4, 0.5) is 8.78 Å². The van der Waals surface area contributed by atoms with Gasteiger partial charge in [0, 0.05) is 11.6 Å². The Morgan fingerprint density at radius 3 is 2.46 bits per heavy atom. The summed E-state index contributed by atoms with van der Waals surface area (Å²) < 4.78 is 36.6. The van der Waals surface area contributed by atoms with Crippen LogP contribution in [0.5, 0.6) is 11.5 Å². The second-order valence-electron chi connectivity index (χ2n) is 5.62. The van der Waals surface area contributed by atoms with Gasteiger partial charge in [-0.05, 0) is 32.0 Å². The molecule has 0 aliphatic rings. The number of hydrogen-bond acceptors (Lipinski definition) is 5. The molecule has 0 aliphatic carbocycles. The second-order valence-corrected chi connectivity index (χ2v) is 5.62. The molecule has 10 heteroatoms. The molecule has 2 amide bonds. The van der Waals surface area contributed by atoms with Gasteiger partial charge >= 0.3 is 0 Å². The minimum atomic E-state index is -3.17. The first-order chi connectivity index (χ1) is 11.7. The molecule has 0 saturated heterocycles. The summed E-state index contributed by atoms with van der Waals surface area (Å²) in [5, 5.41) is 4.77. The molecule has 26 heavy (non-hydrogen) atoms. The van der Waals surface area contributed by atoms with E-state index in [1.54, 1.807) is 0 Å². The van der Waals surface area contributed by atoms with E-state index in [-0.39, 0.29) is 48.0 Å². The maximum Gasteiger partial charge on any atom is 0.277 e. The van der Waals surface area contributed by atoms with E-state index in [0.29, 0.717) is 0 Å². The number of methoxy groups -OCH3 is 1. The van der Waals surface area contributed by atoms with Gasteiger partial charge in [-0.15, -0.1) is 12.4 Å². The van der Waals surface area contributed by atoms with Crippen LogP contribution in [0, 0.1) is 0 Å². The lowest BCUT2D eigenvalue weighted by Crippen LogP contribution is -2.41. The fraction of sp³-hybridized carbons (Fsp3) is 0.500. The predicted molar refractivity (Wildman–Crippen MR) is 95.4 cm³/mol. The fourth-order valence-electron chi connectivity index (χ4n) is 1.82. The fourth-order valence-corrected chi connectivity index (χ4v) is 1.82. The van der Waals surface area contributed by atoms with Crippen molar-refractivity contribution in [2.24, 2.45) is 5.73 Å². The topological polar surface area (TPSA) is 103 Å². The highest BCUT2D eigenvalue weighted by Gasteiger charge is 2.27. The molecule has 0 fully saturated rings. The molecule has 0 radical (unpaired) electrons. The van der Waals surface area contributed by atoms with Gasteiger partial charge in [0.1, 0.15) is 0 Å². The molecule has 0 aliphatic heterocycles. The Morgan fingerprint density at radius 2 is 1.92 bits per heavy atom. The number of benzene rings is 1. The number of rotatable bonds is 9. The van der Waals surface area contributed by atoms with Crippen molar-refractivity contribution in [2.45, 2.75) is 25.8 Å². The smallest absolute Gasteiger partial charge is 0.277 e. The lowest BCUT2D eigenvalue weighted by atomic mass is 10.2. The molecular weight excluding hydrogens is 372 g/mol. The zero-order valence-corrected chi connectivity index (χ0v) is 15.6. The van der Waals surface area contributed by atoms with Crippen LogP contribution in [0.25, 0.3) is 0 Å². The molecule has 1 rings (SSSR count). The van der Waals surface area contributed by atoms with Crippen LogP contribution in [0.3, 0.4) is 0 Å². The molecule has 7 nitrogen and oxygen atoms in total. The SMILES string of the molecule is COc1cc(C(=O)NCC(F)(F)CN)ccc1OCC(=O)NC(C)C.Cl. The summed E-state index contributed by atoms with van der Waals surface area (Å²) in [7, 11) is 1.36. The Morgan fingerprint density at radius 1 is 1.27 bits per heavy atom. The number of carbonyl (C=O) groups is 2. The van der Waals surface area contributed by atoms with E-state index in [1.807, 2.05) is 13.8 Å². The maximum absolute atomic E-state index is 13.1. The lowest BCUT2D eigenvalue weighted by molar-refractivity contribution is -0.123. The van der Waals surface area contributed by atoms with Gasteiger partial charge in [-0.2, -0.15) is 0 Å². The minimum Gasteiger partial charge on any atom is -0.493 e. The molecule has 1 aromatic rings. The number of ether oxygens (including phenoxy) is 2. The van der Waals surface area contributed by atoms with Gasteiger partial charge in [0.15, 0.2) is 18.1 Å². The van der Waals surface area contributed by atoms with Gasteiger partial charge in [-0.3, -0.25) is 9.59 Å². The van der Waals surface area contributed by atoms with Crippen LogP contribution in [0.2, 0.25) is 0 Å². The first-order valence-corrected chi connectivity index (χ1v) is 7.65. The summed E-state index contributed by atoms with van der Waals surface area (Å²) in [6.45, 7) is 1.70. The monoisotopic (exact) mass is 395 g/mol. The molecule has 148 valence electrons. The Kier molecular flexibility index (Phi) is 9.89. The second kappa shape index (κ2) is 10.8. The van der Waals surface area contributed by atoms with E-state index < -0.39 is 24.9 Å². The number of amides is 2. The summed E-state index contributed by atoms with van der Waals surface area (Å²) in [4.78, 5) is 23.5. The number of alkyl halides is 2. The molecular formula is C16H24ClF2N3O4. The molecule has 4 N–H and O–H groups in total. The first kappa shape index (κ1) is 23.9. The Bertz CT molecular complexity index is 615. The van der Waals surface area contributed by atoms with Crippen molar-refractivity contribution in [2.75, 3.05) is 26.8 Å². The number of nitrogens with one attached hydrogen (secondary N) is 2. The molecule has 0 saturated carbocycles. The predicted octanol–water partition coefficient (Wildman–Crippen LogP) is 1.34. The van der Waals surface area contributed by atoms with Crippen LogP contribution in [0.15, 0.2) is 18.2 Å². The van der Waals surface area contributed by atoms with E-state index in [2.05, 4.69) is 10.6 Å². The Labute approximate surface area is 157 Å². The quantitative estimate of drug-likeness (QED) is 0.585. The highest BCUT2D eigenvalue weighted by Crippen LogP contribution is 2.28. The molecule has 1 aromatic carbocycles. The molecule has 0 unspecified atom stereocenters. The van der Waals surface area contributed by atoms with Crippen molar-refractivity contribution < 1.29 is 27.8 Å². The molecule has 0 atom stereocenters. The van der Waals surface area contributed by atoms with Gasteiger partial charge in [-0.1, -0.05) is 0 Å². The Balaban J connectivity index is 0.00000625. The summed E-state index contributed by atoms with van der Waals surface area (Å²) in [5.74, 6) is -3.72. The van der Waals surface area contributed by atoms with Crippen molar-refractivity contribution in [1.29, 1.82) is 0 Å². The van der Waals surface area contributed by atoms with Crippen molar-refractivity contribution in [3.05, 3.63) is 23.8 Å². The van der Waals surface area contributed by atoms with Crippen molar-refractivity contribution in [3.8, 4) is 11.5 Å². The third-order valence-corrected chi connectivity index (χ3v) is 3.04. The van der Waals surface area contributed by atoms with Crippen LogP contribution in [-0.4, -0.2) is 50.6 Å². The molecule has 0 aromatic heterocycles. The van der Waals surface area contributed by atoms with E-state index in [0.717, 1.165) is 0 Å². The maximum atomic E-state index is 13.1. The summed E-state index contributed by atoms with van der Waals surface area (Å²) in [6.07, 6.45) is 0. The summed E-state index contributed by atoms with van der Waals surface area (Å²) in [5.41, 5.74) is 5.03. The van der Waals surface area contributed by atoms with Gasteiger partial charge < -0.3 is 25.8 Å². The van der Waals surface area contributed by atoms with E-state index in [9.17, 15) is 18.4 Å². The zero-order chi connectivity index (χ0) is 19.0. The highest BCUT2D eigenvalue weighted by molar-refractivity contribution is 5.95. The third kappa shape index (κ3) is 7.83. The largest absolute Gasteiger partial charge is 0.493 e. The number of carbonyl (C=O) groups excluding carboxylic acids is 2. The van der Waals surface area contributed by atoms with E-state index in [1.165, 1.54) is 25.3 Å². The van der Waals surface area contributed by atoms with Gasteiger partial charge in [0.2, 0.25) is 0 Å². The van der Waals surface area contributed by atoms with Crippen molar-refractivity contribution in [3.63, 3.8) is 0 Å². The van der Waals surface area contributed by atoms with Crippen LogP contribution in [0.1, 0.15) is 24.2 Å². The van der Waals surface area contributed by atoms with Gasteiger partial charge in [0.05, 0.1) is 20.2 Å². The minimum absolute atomic E-state index is 0.